The molecule has 0 spiro atoms. The summed E-state index contributed by atoms with van der Waals surface area (Å²) in [5, 5.41) is 42.9. The highest BCUT2D eigenvalue weighted by Gasteiger charge is 2.28. The van der Waals surface area contributed by atoms with Crippen LogP contribution in [0.15, 0.2) is 12.2 Å². The van der Waals surface area contributed by atoms with Crippen molar-refractivity contribution in [2.75, 3.05) is 6.61 Å². The second-order valence-corrected chi connectivity index (χ2v) is 11.9. The molecule has 0 saturated carbocycles. The van der Waals surface area contributed by atoms with Gasteiger partial charge in [0.2, 0.25) is 5.91 Å². The lowest BCUT2D eigenvalue weighted by Crippen LogP contribution is -2.53. The maximum absolute atomic E-state index is 12.3. The molecule has 4 atom stereocenters. The van der Waals surface area contributed by atoms with Crippen molar-refractivity contribution in [2.24, 2.45) is 0 Å². The van der Waals surface area contributed by atoms with Gasteiger partial charge >= 0.3 is 0 Å². The average molecular weight is 570 g/mol. The van der Waals surface area contributed by atoms with Crippen molar-refractivity contribution in [3.63, 3.8) is 0 Å². The predicted octanol–water partition coefficient (Wildman–Crippen LogP) is 7.50. The number of unbranched alkanes of at least 4 members (excludes halogenated alkanes) is 19. The molecule has 4 unspecified atom stereocenters. The summed E-state index contributed by atoms with van der Waals surface area (Å²) < 4.78 is 0. The molecular formula is C34H67NO5. The summed E-state index contributed by atoms with van der Waals surface area (Å²) in [6, 6.07) is -0.980. The van der Waals surface area contributed by atoms with Gasteiger partial charge in [0.25, 0.3) is 0 Å². The summed E-state index contributed by atoms with van der Waals surface area (Å²) in [4.78, 5) is 12.3. The highest BCUT2D eigenvalue weighted by atomic mass is 16.3. The fourth-order valence-corrected chi connectivity index (χ4v) is 5.16. The molecular weight excluding hydrogens is 502 g/mol. The molecule has 0 bridgehead atoms. The lowest BCUT2D eigenvalue weighted by molar-refractivity contribution is -0.132. The molecule has 0 saturated heterocycles. The number of aliphatic hydroxyl groups is 4. The molecule has 0 aromatic heterocycles. The zero-order chi connectivity index (χ0) is 29.7. The van der Waals surface area contributed by atoms with Crippen LogP contribution in [0.3, 0.4) is 0 Å². The first-order chi connectivity index (χ1) is 19.5. The number of hydrogen-bond donors (Lipinski definition) is 5. The SMILES string of the molecule is CCCCCCCCCCC/C=C\CCCCCCCCC(O)C(=O)NC(CO)C(O)C(O)CCCCCCC. The van der Waals surface area contributed by atoms with Gasteiger partial charge in [0.1, 0.15) is 12.2 Å². The molecule has 6 heteroatoms. The molecule has 0 heterocycles. The van der Waals surface area contributed by atoms with E-state index in [1.807, 2.05) is 0 Å². The van der Waals surface area contributed by atoms with E-state index in [0.717, 1.165) is 57.8 Å². The lowest BCUT2D eigenvalue weighted by atomic mass is 9.99. The van der Waals surface area contributed by atoms with Gasteiger partial charge in [-0.25, -0.2) is 0 Å². The van der Waals surface area contributed by atoms with Crippen LogP contribution in [0.2, 0.25) is 0 Å². The minimum Gasteiger partial charge on any atom is -0.394 e. The Hall–Kier alpha value is -0.950. The number of aliphatic hydroxyl groups excluding tert-OH is 4. The third-order valence-electron chi connectivity index (χ3n) is 7.98. The summed E-state index contributed by atoms with van der Waals surface area (Å²) in [6.07, 6.45) is 28.4. The standard InChI is InChI=1S/C34H67NO5/c1-3-5-7-9-10-11-12-13-14-15-16-17-18-19-20-21-22-24-26-28-32(38)34(40)35-30(29-36)33(39)31(37)27-25-23-8-6-4-2/h16-17,30-33,36-39H,3-15,18-29H2,1-2H3,(H,35,40)/b17-16-. The van der Waals surface area contributed by atoms with Crippen LogP contribution in [0.1, 0.15) is 168 Å². The van der Waals surface area contributed by atoms with Gasteiger partial charge < -0.3 is 25.7 Å². The molecule has 0 rings (SSSR count). The summed E-state index contributed by atoms with van der Waals surface area (Å²) >= 11 is 0. The van der Waals surface area contributed by atoms with Crippen LogP contribution < -0.4 is 5.32 Å². The summed E-state index contributed by atoms with van der Waals surface area (Å²) in [5.74, 6) is -0.595. The first-order valence-electron chi connectivity index (χ1n) is 17.1. The first kappa shape index (κ1) is 39.0. The van der Waals surface area contributed by atoms with E-state index in [1.54, 1.807) is 0 Å². The minimum absolute atomic E-state index is 0.363. The minimum atomic E-state index is -1.25. The molecule has 0 aliphatic heterocycles. The Labute approximate surface area is 247 Å². The second kappa shape index (κ2) is 29.5. The maximum atomic E-state index is 12.3. The normalized spacial score (nSPS) is 14.8. The van der Waals surface area contributed by atoms with Crippen LogP contribution >= 0.6 is 0 Å². The van der Waals surface area contributed by atoms with Crippen molar-refractivity contribution in [3.05, 3.63) is 12.2 Å². The van der Waals surface area contributed by atoms with E-state index >= 15 is 0 Å². The number of nitrogens with one attached hydrogen (secondary N) is 1. The zero-order valence-electron chi connectivity index (χ0n) is 26.3. The van der Waals surface area contributed by atoms with E-state index in [2.05, 4.69) is 31.3 Å². The van der Waals surface area contributed by atoms with Gasteiger partial charge in [0, 0.05) is 0 Å². The van der Waals surface area contributed by atoms with Gasteiger partial charge in [-0.1, -0.05) is 142 Å². The first-order valence-corrected chi connectivity index (χ1v) is 17.1. The van der Waals surface area contributed by atoms with Crippen molar-refractivity contribution in [3.8, 4) is 0 Å². The Bertz CT molecular complexity index is 571. The van der Waals surface area contributed by atoms with Gasteiger partial charge in [-0.2, -0.15) is 0 Å². The highest BCUT2D eigenvalue weighted by Crippen LogP contribution is 2.14. The molecule has 0 aromatic carbocycles. The number of amides is 1. The smallest absolute Gasteiger partial charge is 0.249 e. The molecule has 0 aromatic rings. The van der Waals surface area contributed by atoms with Crippen LogP contribution in [-0.2, 0) is 4.79 Å². The van der Waals surface area contributed by atoms with E-state index in [-0.39, 0.29) is 0 Å². The summed E-state index contributed by atoms with van der Waals surface area (Å²) in [7, 11) is 0. The van der Waals surface area contributed by atoms with Crippen LogP contribution in [0.5, 0.6) is 0 Å². The monoisotopic (exact) mass is 570 g/mol. The quantitative estimate of drug-likeness (QED) is 0.0454. The van der Waals surface area contributed by atoms with Gasteiger partial charge in [0.15, 0.2) is 0 Å². The summed E-state index contributed by atoms with van der Waals surface area (Å²) in [5.41, 5.74) is 0. The van der Waals surface area contributed by atoms with Gasteiger partial charge in [-0.15, -0.1) is 0 Å². The third kappa shape index (κ3) is 23.7. The molecule has 0 radical (unpaired) electrons. The Morgan fingerprint density at radius 3 is 1.45 bits per heavy atom. The van der Waals surface area contributed by atoms with Crippen LogP contribution in [0, 0.1) is 0 Å². The van der Waals surface area contributed by atoms with Crippen LogP contribution in [-0.4, -0.2) is 57.3 Å². The van der Waals surface area contributed by atoms with Crippen molar-refractivity contribution >= 4 is 5.91 Å². The van der Waals surface area contributed by atoms with E-state index < -0.39 is 36.9 Å². The number of rotatable bonds is 30. The second-order valence-electron chi connectivity index (χ2n) is 11.9. The number of carbonyl (C=O) groups excluding carboxylic acids is 1. The number of carbonyl (C=O) groups is 1. The molecule has 0 fully saturated rings. The van der Waals surface area contributed by atoms with E-state index in [4.69, 9.17) is 0 Å². The van der Waals surface area contributed by atoms with Crippen molar-refractivity contribution < 1.29 is 25.2 Å². The molecule has 238 valence electrons. The highest BCUT2D eigenvalue weighted by molar-refractivity contribution is 5.80. The van der Waals surface area contributed by atoms with E-state index in [0.29, 0.717) is 12.8 Å². The van der Waals surface area contributed by atoms with Gasteiger partial charge in [-0.3, -0.25) is 4.79 Å². The average Bonchev–Trinajstić information content (AvgIpc) is 2.96. The fourth-order valence-electron chi connectivity index (χ4n) is 5.16. The third-order valence-corrected chi connectivity index (χ3v) is 7.98. The number of hydrogen-bond acceptors (Lipinski definition) is 5. The van der Waals surface area contributed by atoms with E-state index in [1.165, 1.54) is 83.5 Å². The van der Waals surface area contributed by atoms with E-state index in [9.17, 15) is 25.2 Å². The van der Waals surface area contributed by atoms with Gasteiger partial charge in [-0.05, 0) is 38.5 Å². The van der Waals surface area contributed by atoms with Crippen molar-refractivity contribution in [2.45, 2.75) is 192 Å². The van der Waals surface area contributed by atoms with Crippen molar-refractivity contribution in [1.29, 1.82) is 0 Å². The number of allylic oxidation sites excluding steroid dienone is 2. The topological polar surface area (TPSA) is 110 Å². The Kier molecular flexibility index (Phi) is 28.8. The fraction of sp³-hybridized carbons (Fsp3) is 0.912. The zero-order valence-corrected chi connectivity index (χ0v) is 26.3. The van der Waals surface area contributed by atoms with Crippen LogP contribution in [0.25, 0.3) is 0 Å². The maximum Gasteiger partial charge on any atom is 0.249 e. The Morgan fingerprint density at radius 1 is 0.600 bits per heavy atom. The molecule has 0 aliphatic carbocycles. The van der Waals surface area contributed by atoms with Gasteiger partial charge in [0.05, 0.1) is 18.8 Å². The lowest BCUT2D eigenvalue weighted by Gasteiger charge is -2.27. The molecule has 1 amide bonds. The molecule has 40 heavy (non-hydrogen) atoms. The predicted molar refractivity (Wildman–Crippen MR) is 168 cm³/mol. The van der Waals surface area contributed by atoms with Crippen molar-refractivity contribution in [1.82, 2.24) is 5.32 Å². The summed E-state index contributed by atoms with van der Waals surface area (Å²) in [6.45, 7) is 3.92. The largest absolute Gasteiger partial charge is 0.394 e. The molecule has 5 N–H and O–H groups in total. The van der Waals surface area contributed by atoms with Crippen LogP contribution in [0.4, 0.5) is 0 Å². The molecule has 0 aliphatic rings. The molecule has 6 nitrogen and oxygen atoms in total. The Morgan fingerprint density at radius 2 is 1.00 bits per heavy atom. The Balaban J connectivity index is 3.72.